The van der Waals surface area contributed by atoms with E-state index in [1.807, 2.05) is 13.0 Å². The van der Waals surface area contributed by atoms with E-state index < -0.39 is 0 Å². The Morgan fingerprint density at radius 2 is 2.24 bits per heavy atom. The third-order valence-corrected chi connectivity index (χ3v) is 2.88. The summed E-state index contributed by atoms with van der Waals surface area (Å²) in [5.74, 6) is -0.308. The Bertz CT molecular complexity index is 471. The minimum Gasteiger partial charge on any atom is -0.398 e. The third kappa shape index (κ3) is 2.22. The number of benzene rings is 1. The second kappa shape index (κ2) is 4.45. The molecule has 5 nitrogen and oxygen atoms in total. The van der Waals surface area contributed by atoms with E-state index in [1.165, 1.54) is 4.90 Å². The van der Waals surface area contributed by atoms with E-state index in [4.69, 9.17) is 5.73 Å². The van der Waals surface area contributed by atoms with E-state index in [9.17, 15) is 9.59 Å². The number of hydrogen-bond donors (Lipinski definition) is 2. The van der Waals surface area contributed by atoms with Gasteiger partial charge in [-0.2, -0.15) is 0 Å². The SMILES string of the molecule is Cc1cccc(C(=O)N2CCNC(=O)C2)c1N. The van der Waals surface area contributed by atoms with Crippen molar-refractivity contribution < 1.29 is 9.59 Å². The molecule has 0 aliphatic carbocycles. The van der Waals surface area contributed by atoms with Crippen molar-refractivity contribution in [2.75, 3.05) is 25.4 Å². The van der Waals surface area contributed by atoms with Crippen LogP contribution in [-0.4, -0.2) is 36.3 Å². The molecule has 0 radical (unpaired) electrons. The normalized spacial score (nSPS) is 15.6. The minimum atomic E-state index is -0.180. The number of carbonyl (C=O) groups is 2. The van der Waals surface area contributed by atoms with Crippen molar-refractivity contribution in [3.05, 3.63) is 29.3 Å². The number of nitrogens with one attached hydrogen (secondary N) is 1. The van der Waals surface area contributed by atoms with Gasteiger partial charge in [0.2, 0.25) is 5.91 Å². The Balaban J connectivity index is 2.24. The van der Waals surface area contributed by atoms with Crippen molar-refractivity contribution in [2.24, 2.45) is 0 Å². The number of piperazine rings is 1. The van der Waals surface area contributed by atoms with Crippen molar-refractivity contribution >= 4 is 17.5 Å². The van der Waals surface area contributed by atoms with Gasteiger partial charge < -0.3 is 16.0 Å². The lowest BCUT2D eigenvalue weighted by Crippen LogP contribution is -2.50. The molecule has 1 aromatic rings. The van der Waals surface area contributed by atoms with Crippen LogP contribution in [0.4, 0.5) is 5.69 Å². The number of nitrogens with zero attached hydrogens (tertiary/aromatic N) is 1. The van der Waals surface area contributed by atoms with E-state index in [-0.39, 0.29) is 18.4 Å². The summed E-state index contributed by atoms with van der Waals surface area (Å²) in [6, 6.07) is 5.34. The van der Waals surface area contributed by atoms with Crippen LogP contribution in [0.3, 0.4) is 0 Å². The van der Waals surface area contributed by atoms with Gasteiger partial charge in [0.1, 0.15) is 0 Å². The van der Waals surface area contributed by atoms with Crippen molar-refractivity contribution in [2.45, 2.75) is 6.92 Å². The molecule has 5 heteroatoms. The van der Waals surface area contributed by atoms with Crippen LogP contribution in [0.25, 0.3) is 0 Å². The fraction of sp³-hybridized carbons (Fsp3) is 0.333. The molecule has 1 aromatic carbocycles. The van der Waals surface area contributed by atoms with Crippen molar-refractivity contribution in [1.82, 2.24) is 10.2 Å². The Morgan fingerprint density at radius 1 is 1.47 bits per heavy atom. The van der Waals surface area contributed by atoms with E-state index in [1.54, 1.807) is 12.1 Å². The number of amides is 2. The Hall–Kier alpha value is -2.04. The molecule has 0 spiro atoms. The molecule has 0 bridgehead atoms. The summed E-state index contributed by atoms with van der Waals surface area (Å²) in [5, 5.41) is 2.68. The average Bonchev–Trinajstić information content (AvgIpc) is 2.32. The zero-order valence-electron chi connectivity index (χ0n) is 9.69. The quantitative estimate of drug-likeness (QED) is 0.678. The fourth-order valence-electron chi connectivity index (χ4n) is 1.85. The van der Waals surface area contributed by atoms with E-state index in [0.29, 0.717) is 24.3 Å². The fourth-order valence-corrected chi connectivity index (χ4v) is 1.85. The van der Waals surface area contributed by atoms with Gasteiger partial charge in [-0.25, -0.2) is 0 Å². The van der Waals surface area contributed by atoms with Gasteiger partial charge in [-0.3, -0.25) is 9.59 Å². The summed E-state index contributed by atoms with van der Waals surface area (Å²) in [6.45, 7) is 2.98. The highest BCUT2D eigenvalue weighted by Gasteiger charge is 2.23. The van der Waals surface area contributed by atoms with Gasteiger partial charge in [-0.05, 0) is 18.6 Å². The topological polar surface area (TPSA) is 75.4 Å². The van der Waals surface area contributed by atoms with E-state index in [0.717, 1.165) is 5.56 Å². The highest BCUT2D eigenvalue weighted by atomic mass is 16.2. The smallest absolute Gasteiger partial charge is 0.256 e. The van der Waals surface area contributed by atoms with Crippen molar-refractivity contribution in [3.63, 3.8) is 0 Å². The molecule has 17 heavy (non-hydrogen) atoms. The molecule has 0 saturated carbocycles. The molecule has 1 heterocycles. The van der Waals surface area contributed by atoms with E-state index in [2.05, 4.69) is 5.32 Å². The van der Waals surface area contributed by atoms with Gasteiger partial charge in [0.25, 0.3) is 5.91 Å². The molecule has 1 aliphatic rings. The Morgan fingerprint density at radius 3 is 2.94 bits per heavy atom. The van der Waals surface area contributed by atoms with Crippen molar-refractivity contribution in [1.29, 1.82) is 0 Å². The standard InChI is InChI=1S/C12H15N3O2/c1-8-3-2-4-9(11(8)13)12(17)15-6-5-14-10(16)7-15/h2-4H,5-7,13H2,1H3,(H,14,16). The van der Waals surface area contributed by atoms with Gasteiger partial charge in [-0.1, -0.05) is 12.1 Å². The molecule has 1 aliphatic heterocycles. The first kappa shape index (κ1) is 11.4. The number of nitrogen functional groups attached to an aromatic ring is 1. The van der Waals surface area contributed by atoms with Gasteiger partial charge >= 0.3 is 0 Å². The largest absolute Gasteiger partial charge is 0.398 e. The van der Waals surface area contributed by atoms with Gasteiger partial charge in [0, 0.05) is 18.8 Å². The molecule has 1 saturated heterocycles. The number of anilines is 1. The second-order valence-electron chi connectivity index (χ2n) is 4.11. The zero-order chi connectivity index (χ0) is 12.4. The maximum absolute atomic E-state index is 12.2. The molecule has 3 N–H and O–H groups in total. The lowest BCUT2D eigenvalue weighted by atomic mass is 10.1. The van der Waals surface area contributed by atoms with Crippen molar-refractivity contribution in [3.8, 4) is 0 Å². The lowest BCUT2D eigenvalue weighted by Gasteiger charge is -2.27. The first-order valence-electron chi connectivity index (χ1n) is 5.50. The third-order valence-electron chi connectivity index (χ3n) is 2.88. The molecule has 1 fully saturated rings. The molecule has 0 atom stereocenters. The maximum Gasteiger partial charge on any atom is 0.256 e. The van der Waals surface area contributed by atoms with Gasteiger partial charge in [0.15, 0.2) is 0 Å². The number of para-hydroxylation sites is 1. The van der Waals surface area contributed by atoms with Gasteiger partial charge in [0.05, 0.1) is 12.1 Å². The highest BCUT2D eigenvalue weighted by molar-refractivity contribution is 6.01. The number of nitrogens with two attached hydrogens (primary N) is 1. The van der Waals surface area contributed by atoms with Crippen LogP contribution in [0, 0.1) is 6.92 Å². The molecule has 2 amide bonds. The van der Waals surface area contributed by atoms with E-state index >= 15 is 0 Å². The van der Waals surface area contributed by atoms with Crippen LogP contribution < -0.4 is 11.1 Å². The lowest BCUT2D eigenvalue weighted by molar-refractivity contribution is -0.123. The molecular weight excluding hydrogens is 218 g/mol. The summed E-state index contributed by atoms with van der Waals surface area (Å²) in [4.78, 5) is 24.9. The molecule has 0 aromatic heterocycles. The summed E-state index contributed by atoms with van der Waals surface area (Å²) in [5.41, 5.74) is 7.71. The highest BCUT2D eigenvalue weighted by Crippen LogP contribution is 2.18. The Labute approximate surface area is 99.6 Å². The molecule has 90 valence electrons. The predicted octanol–water partition coefficient (Wildman–Crippen LogP) is 0.149. The monoisotopic (exact) mass is 233 g/mol. The number of aryl methyl sites for hydroxylation is 1. The molecular formula is C12H15N3O2. The number of hydrogen-bond acceptors (Lipinski definition) is 3. The van der Waals surface area contributed by atoms with Crippen LogP contribution in [0.2, 0.25) is 0 Å². The maximum atomic E-state index is 12.2. The Kier molecular flexibility index (Phi) is 2.99. The number of rotatable bonds is 1. The summed E-state index contributed by atoms with van der Waals surface area (Å²) in [7, 11) is 0. The first-order valence-corrected chi connectivity index (χ1v) is 5.50. The van der Waals surface area contributed by atoms with Crippen LogP contribution in [0.5, 0.6) is 0 Å². The second-order valence-corrected chi connectivity index (χ2v) is 4.11. The molecule has 2 rings (SSSR count). The summed E-state index contributed by atoms with van der Waals surface area (Å²) in [6.07, 6.45) is 0. The average molecular weight is 233 g/mol. The van der Waals surface area contributed by atoms with Crippen LogP contribution in [0.1, 0.15) is 15.9 Å². The van der Waals surface area contributed by atoms with Crippen LogP contribution >= 0.6 is 0 Å². The number of carbonyl (C=O) groups excluding carboxylic acids is 2. The summed E-state index contributed by atoms with van der Waals surface area (Å²) < 4.78 is 0. The van der Waals surface area contributed by atoms with Crippen LogP contribution in [-0.2, 0) is 4.79 Å². The zero-order valence-corrected chi connectivity index (χ0v) is 9.69. The summed E-state index contributed by atoms with van der Waals surface area (Å²) >= 11 is 0. The van der Waals surface area contributed by atoms with Gasteiger partial charge in [-0.15, -0.1) is 0 Å². The molecule has 0 unspecified atom stereocenters. The van der Waals surface area contributed by atoms with Crippen LogP contribution in [0.15, 0.2) is 18.2 Å². The minimum absolute atomic E-state index is 0.103. The predicted molar refractivity (Wildman–Crippen MR) is 64.5 cm³/mol. The first-order chi connectivity index (χ1) is 8.09.